The van der Waals surface area contributed by atoms with Gasteiger partial charge in [-0.15, -0.1) is 0 Å². The maximum atomic E-state index is 14.1. The monoisotopic (exact) mass is 658 g/mol. The molecular weight excluding hydrogens is 604 g/mol. The molecule has 46 heavy (non-hydrogen) atoms. The summed E-state index contributed by atoms with van der Waals surface area (Å²) in [7, 11) is -2.39. The molecule has 2 aliphatic carbocycles. The number of nitrogens with zero attached hydrogens (tertiary/aromatic N) is 3. The average Bonchev–Trinajstić information content (AvgIpc) is 3.49. The van der Waals surface area contributed by atoms with Gasteiger partial charge in [-0.3, -0.25) is 9.69 Å². The van der Waals surface area contributed by atoms with E-state index < -0.39 is 45.8 Å². The number of aliphatic hydroxyl groups is 1. The lowest BCUT2D eigenvalue weighted by Crippen LogP contribution is -2.55. The number of aryl methyl sites for hydroxylation is 1. The van der Waals surface area contributed by atoms with Crippen LogP contribution in [0, 0.1) is 18.8 Å². The molecule has 4 rings (SSSR count). The van der Waals surface area contributed by atoms with Crippen molar-refractivity contribution >= 4 is 22.0 Å². The van der Waals surface area contributed by atoms with Crippen molar-refractivity contribution in [1.82, 2.24) is 19.2 Å². The fraction of sp³-hybridized carbons (Fsp3) is 0.686. The van der Waals surface area contributed by atoms with E-state index in [1.807, 2.05) is 6.92 Å². The third-order valence-electron chi connectivity index (χ3n) is 9.47. The van der Waals surface area contributed by atoms with Crippen LogP contribution >= 0.6 is 0 Å². The highest BCUT2D eigenvalue weighted by atomic mass is 32.2. The van der Waals surface area contributed by atoms with Gasteiger partial charge < -0.3 is 15.2 Å². The summed E-state index contributed by atoms with van der Waals surface area (Å²) < 4.78 is 33.2. The molecule has 2 fully saturated rings. The largest absolute Gasteiger partial charge is 0.444 e. The molecule has 2 N–H and O–H groups in total. The third kappa shape index (κ3) is 10.0. The van der Waals surface area contributed by atoms with Gasteiger partial charge in [-0.05, 0) is 64.5 Å². The number of likely N-dealkylation sites (N-methyl/N-ethyl adjacent to an activating group) is 1. The normalized spacial score (nSPS) is 18.8. The van der Waals surface area contributed by atoms with Gasteiger partial charge in [0, 0.05) is 19.7 Å². The molecule has 0 aliphatic heterocycles. The molecule has 0 saturated heterocycles. The molecule has 0 bridgehead atoms. The van der Waals surface area contributed by atoms with Crippen LogP contribution in [0.25, 0.3) is 0 Å². The van der Waals surface area contributed by atoms with E-state index in [9.17, 15) is 23.1 Å². The zero-order valence-corrected chi connectivity index (χ0v) is 29.1. The molecule has 0 radical (unpaired) electrons. The molecule has 3 atom stereocenters. The van der Waals surface area contributed by atoms with Crippen LogP contribution in [0.15, 0.2) is 41.7 Å². The van der Waals surface area contributed by atoms with Gasteiger partial charge in [0.1, 0.15) is 18.0 Å². The summed E-state index contributed by atoms with van der Waals surface area (Å²) >= 11 is 0. The molecule has 1 aromatic heterocycles. The molecule has 2 aromatic rings. The van der Waals surface area contributed by atoms with E-state index in [1.54, 1.807) is 45.0 Å². The highest BCUT2D eigenvalue weighted by Gasteiger charge is 2.35. The summed E-state index contributed by atoms with van der Waals surface area (Å²) in [6.45, 7) is 7.15. The van der Waals surface area contributed by atoms with E-state index >= 15 is 0 Å². The third-order valence-corrected chi connectivity index (χ3v) is 11.1. The number of hydrogen-bond acceptors (Lipinski definition) is 7. The first-order valence-corrected chi connectivity index (χ1v) is 18.5. The van der Waals surface area contributed by atoms with E-state index in [0.29, 0.717) is 30.4 Å². The van der Waals surface area contributed by atoms with Gasteiger partial charge in [0.05, 0.1) is 22.7 Å². The fourth-order valence-electron chi connectivity index (χ4n) is 6.78. The maximum absolute atomic E-state index is 14.1. The summed E-state index contributed by atoms with van der Waals surface area (Å²) in [5, 5.41) is 14.7. The highest BCUT2D eigenvalue weighted by Crippen LogP contribution is 2.32. The molecule has 2 aliphatic rings. The zero-order valence-electron chi connectivity index (χ0n) is 28.3. The van der Waals surface area contributed by atoms with Crippen molar-refractivity contribution in [3.63, 3.8) is 0 Å². The van der Waals surface area contributed by atoms with Crippen molar-refractivity contribution in [3.8, 4) is 0 Å². The second kappa shape index (κ2) is 15.8. The Morgan fingerprint density at radius 1 is 1.00 bits per heavy atom. The number of ether oxygens (including phenoxy) is 1. The van der Waals surface area contributed by atoms with Crippen LogP contribution in [0.5, 0.6) is 0 Å². The molecule has 1 aromatic carbocycles. The lowest BCUT2D eigenvalue weighted by Gasteiger charge is -2.35. The van der Waals surface area contributed by atoms with Crippen LogP contribution in [-0.4, -0.2) is 70.2 Å². The van der Waals surface area contributed by atoms with Crippen molar-refractivity contribution in [2.45, 2.75) is 140 Å². The van der Waals surface area contributed by atoms with Gasteiger partial charge in [0.2, 0.25) is 5.91 Å². The van der Waals surface area contributed by atoms with E-state index in [-0.39, 0.29) is 11.3 Å². The average molecular weight is 659 g/mol. The van der Waals surface area contributed by atoms with Crippen molar-refractivity contribution in [2.75, 3.05) is 7.05 Å². The summed E-state index contributed by atoms with van der Waals surface area (Å²) in [5.41, 5.74) is 0.489. The van der Waals surface area contributed by atoms with Crippen LogP contribution in [0.3, 0.4) is 0 Å². The van der Waals surface area contributed by atoms with Gasteiger partial charge in [0.25, 0.3) is 10.0 Å². The molecule has 2 saturated carbocycles. The Kier molecular flexibility index (Phi) is 12.3. The first-order chi connectivity index (χ1) is 21.7. The van der Waals surface area contributed by atoms with Crippen LogP contribution < -0.4 is 5.32 Å². The number of amides is 2. The SMILES string of the molecule is Cc1ccc(S(=O)(=O)n2cnc(C[C@@H](C(=O)N[C@@H](CC3CCCCC3)[C@@H](O)CC3CCCCC3)N(C)C(=O)OC(C)(C)C)c2)cc1. The number of benzene rings is 1. The number of aliphatic hydroxyl groups excluding tert-OH is 1. The number of carbonyl (C=O) groups excluding carboxylic acids is 2. The molecule has 0 spiro atoms. The van der Waals surface area contributed by atoms with Crippen LogP contribution in [0.4, 0.5) is 4.79 Å². The molecule has 10 nitrogen and oxygen atoms in total. The topological polar surface area (TPSA) is 131 Å². The fourth-order valence-corrected chi connectivity index (χ4v) is 7.94. The Balaban J connectivity index is 1.57. The summed E-state index contributed by atoms with van der Waals surface area (Å²) in [6.07, 6.45) is 14.0. The quantitative estimate of drug-likeness (QED) is 0.286. The molecular formula is C35H54N4O6S. The standard InChI is InChI=1S/C35H54N4O6S/c1-25-16-18-29(19-17-25)46(43,44)39-23-28(36-24-39)22-31(38(5)34(42)45-35(2,3)4)33(41)37-30(20-26-12-8-6-9-13-26)32(40)21-27-14-10-7-11-15-27/h16-19,23-24,26-27,30-32,40H,6-15,20-22H2,1-5H3,(H,37,41)/t30-,31-,32-/m0/s1. The Hall–Kier alpha value is -2.92. The molecule has 1 heterocycles. The minimum absolute atomic E-state index is 0.0349. The molecule has 256 valence electrons. The van der Waals surface area contributed by atoms with Crippen molar-refractivity contribution in [1.29, 1.82) is 0 Å². The lowest BCUT2D eigenvalue weighted by atomic mass is 9.80. The molecule has 0 unspecified atom stereocenters. The highest BCUT2D eigenvalue weighted by molar-refractivity contribution is 7.90. The predicted molar refractivity (Wildman–Crippen MR) is 178 cm³/mol. The van der Waals surface area contributed by atoms with Gasteiger partial charge >= 0.3 is 6.09 Å². The number of carbonyl (C=O) groups is 2. The van der Waals surface area contributed by atoms with Gasteiger partial charge in [-0.2, -0.15) is 0 Å². The van der Waals surface area contributed by atoms with E-state index in [2.05, 4.69) is 10.3 Å². The Bertz CT molecular complexity index is 1390. The Morgan fingerprint density at radius 2 is 1.57 bits per heavy atom. The second-order valence-corrected chi connectivity index (χ2v) is 16.3. The Morgan fingerprint density at radius 3 is 2.13 bits per heavy atom. The number of aromatic nitrogens is 2. The number of nitrogens with one attached hydrogen (secondary N) is 1. The lowest BCUT2D eigenvalue weighted by molar-refractivity contribution is -0.128. The van der Waals surface area contributed by atoms with Crippen molar-refractivity contribution in [2.24, 2.45) is 11.8 Å². The smallest absolute Gasteiger partial charge is 0.410 e. The van der Waals surface area contributed by atoms with E-state index in [4.69, 9.17) is 4.74 Å². The van der Waals surface area contributed by atoms with Crippen molar-refractivity contribution in [3.05, 3.63) is 48.0 Å². The number of rotatable bonds is 12. The molecule has 11 heteroatoms. The van der Waals surface area contributed by atoms with Crippen LogP contribution in [-0.2, 0) is 26.0 Å². The number of imidazole rings is 1. The van der Waals surface area contributed by atoms with E-state index in [1.165, 1.54) is 50.2 Å². The minimum Gasteiger partial charge on any atom is -0.444 e. The molecule has 2 amide bonds. The van der Waals surface area contributed by atoms with Crippen molar-refractivity contribution < 1.29 is 27.9 Å². The van der Waals surface area contributed by atoms with Crippen LogP contribution in [0.1, 0.15) is 109 Å². The Labute approximate surface area is 275 Å². The zero-order chi connectivity index (χ0) is 33.5. The number of hydrogen-bond donors (Lipinski definition) is 2. The summed E-state index contributed by atoms with van der Waals surface area (Å²) in [5.74, 6) is 0.437. The minimum atomic E-state index is -3.90. The van der Waals surface area contributed by atoms with Gasteiger partial charge in [-0.1, -0.05) is 81.9 Å². The maximum Gasteiger partial charge on any atom is 0.410 e. The van der Waals surface area contributed by atoms with Gasteiger partial charge in [0.15, 0.2) is 0 Å². The van der Waals surface area contributed by atoms with Crippen LogP contribution in [0.2, 0.25) is 0 Å². The first-order valence-electron chi connectivity index (χ1n) is 17.0. The first kappa shape index (κ1) is 35.9. The van der Waals surface area contributed by atoms with Gasteiger partial charge in [-0.25, -0.2) is 22.2 Å². The van der Waals surface area contributed by atoms with E-state index in [0.717, 1.165) is 48.1 Å². The second-order valence-electron chi connectivity index (χ2n) is 14.5. The summed E-state index contributed by atoms with van der Waals surface area (Å²) in [6, 6.07) is 5.05. The predicted octanol–water partition coefficient (Wildman–Crippen LogP) is 5.99. The summed E-state index contributed by atoms with van der Waals surface area (Å²) in [4.78, 5) is 33.1.